The number of nitrogens with two attached hydrogens (primary N) is 1. The molecule has 0 aliphatic carbocycles. The summed E-state index contributed by atoms with van der Waals surface area (Å²) in [4.78, 5) is 14.9. The van der Waals surface area contributed by atoms with Crippen molar-refractivity contribution in [3.8, 4) is 5.88 Å². The zero-order valence-electron chi connectivity index (χ0n) is 9.40. The molecule has 0 atom stereocenters. The van der Waals surface area contributed by atoms with Gasteiger partial charge in [-0.25, -0.2) is 4.98 Å². The van der Waals surface area contributed by atoms with Gasteiger partial charge < -0.3 is 15.8 Å². The number of carbonyl (C=O) groups excluding carboxylic acids is 1. The van der Waals surface area contributed by atoms with Crippen LogP contribution in [0.2, 0.25) is 0 Å². The molecule has 1 aromatic heterocycles. The molecule has 0 unspecified atom stereocenters. The van der Waals surface area contributed by atoms with Gasteiger partial charge in [0.1, 0.15) is 6.61 Å². The highest BCUT2D eigenvalue weighted by Crippen LogP contribution is 2.08. The number of rotatable bonds is 7. The predicted octanol–water partition coefficient (Wildman–Crippen LogP) is 0.559. The van der Waals surface area contributed by atoms with Gasteiger partial charge in [-0.15, -0.1) is 0 Å². The minimum Gasteiger partial charge on any atom is -0.476 e. The van der Waals surface area contributed by atoms with Crippen LogP contribution in [-0.2, 0) is 0 Å². The summed E-state index contributed by atoms with van der Waals surface area (Å²) in [6.45, 7) is 4.36. The lowest BCUT2D eigenvalue weighted by Crippen LogP contribution is -2.22. The molecule has 0 saturated carbocycles. The number of primary amides is 1. The van der Waals surface area contributed by atoms with E-state index in [0.717, 1.165) is 19.5 Å². The molecule has 1 aromatic rings. The first-order chi connectivity index (χ1) is 7.74. The Morgan fingerprint density at radius 1 is 1.56 bits per heavy atom. The number of ether oxygens (including phenoxy) is 1. The number of nitrogens with zero attached hydrogens (tertiary/aromatic N) is 1. The van der Waals surface area contributed by atoms with Crippen LogP contribution in [0.25, 0.3) is 0 Å². The Morgan fingerprint density at radius 3 is 3.06 bits per heavy atom. The number of amides is 1. The van der Waals surface area contributed by atoms with E-state index in [0.29, 0.717) is 18.1 Å². The van der Waals surface area contributed by atoms with Crippen molar-refractivity contribution in [1.29, 1.82) is 0 Å². The largest absolute Gasteiger partial charge is 0.476 e. The summed E-state index contributed by atoms with van der Waals surface area (Å²) in [6, 6.07) is 3.10. The van der Waals surface area contributed by atoms with Crippen molar-refractivity contribution in [2.45, 2.75) is 13.3 Å². The third-order valence-electron chi connectivity index (χ3n) is 1.97. The normalized spacial score (nSPS) is 10.1. The Balaban J connectivity index is 2.36. The molecule has 0 spiro atoms. The zero-order valence-corrected chi connectivity index (χ0v) is 9.40. The SMILES string of the molecule is CCCNCCOc1cc(C(N)=O)ccn1. The van der Waals surface area contributed by atoms with Gasteiger partial charge in [-0.05, 0) is 19.0 Å². The van der Waals surface area contributed by atoms with Gasteiger partial charge in [-0.2, -0.15) is 0 Å². The lowest BCUT2D eigenvalue weighted by molar-refractivity contribution is 0.0999. The molecule has 5 nitrogen and oxygen atoms in total. The molecule has 0 saturated heterocycles. The minimum absolute atomic E-state index is 0.409. The molecule has 1 amide bonds. The van der Waals surface area contributed by atoms with Gasteiger partial charge in [-0.1, -0.05) is 6.92 Å². The molecule has 0 bridgehead atoms. The smallest absolute Gasteiger partial charge is 0.248 e. The lowest BCUT2D eigenvalue weighted by Gasteiger charge is -2.06. The van der Waals surface area contributed by atoms with Gasteiger partial charge >= 0.3 is 0 Å². The summed E-state index contributed by atoms with van der Waals surface area (Å²) in [5, 5.41) is 3.20. The second-order valence-electron chi connectivity index (χ2n) is 3.35. The highest BCUT2D eigenvalue weighted by Gasteiger charge is 2.02. The summed E-state index contributed by atoms with van der Waals surface area (Å²) >= 11 is 0. The van der Waals surface area contributed by atoms with E-state index in [9.17, 15) is 4.79 Å². The molecule has 88 valence electrons. The molecule has 3 N–H and O–H groups in total. The number of carbonyl (C=O) groups is 1. The van der Waals surface area contributed by atoms with Gasteiger partial charge in [-0.3, -0.25) is 4.79 Å². The number of nitrogens with one attached hydrogen (secondary N) is 1. The van der Waals surface area contributed by atoms with Crippen molar-refractivity contribution in [2.75, 3.05) is 19.7 Å². The fourth-order valence-corrected chi connectivity index (χ4v) is 1.17. The summed E-state index contributed by atoms with van der Waals surface area (Å²) in [5.74, 6) is -0.0500. The van der Waals surface area contributed by atoms with E-state index in [2.05, 4.69) is 17.2 Å². The van der Waals surface area contributed by atoms with E-state index in [1.165, 1.54) is 6.20 Å². The number of hydrogen-bond donors (Lipinski definition) is 2. The third kappa shape index (κ3) is 4.27. The van der Waals surface area contributed by atoms with Crippen LogP contribution in [0.1, 0.15) is 23.7 Å². The number of hydrogen-bond acceptors (Lipinski definition) is 4. The molecule has 1 rings (SSSR count). The maximum atomic E-state index is 10.9. The molecule has 0 aromatic carbocycles. The Kier molecular flexibility index (Phi) is 5.28. The molecule has 0 aliphatic rings. The van der Waals surface area contributed by atoms with Crippen molar-refractivity contribution in [1.82, 2.24) is 10.3 Å². The number of aromatic nitrogens is 1. The van der Waals surface area contributed by atoms with Crippen LogP contribution in [0, 0.1) is 0 Å². The number of pyridine rings is 1. The highest BCUT2D eigenvalue weighted by molar-refractivity contribution is 5.92. The quantitative estimate of drug-likeness (QED) is 0.662. The average Bonchev–Trinajstić information content (AvgIpc) is 2.29. The first kappa shape index (κ1) is 12.4. The Labute approximate surface area is 95.0 Å². The third-order valence-corrected chi connectivity index (χ3v) is 1.97. The Hall–Kier alpha value is -1.62. The van der Waals surface area contributed by atoms with Crippen LogP contribution in [-0.4, -0.2) is 30.6 Å². The van der Waals surface area contributed by atoms with Crippen LogP contribution in [0.3, 0.4) is 0 Å². The monoisotopic (exact) mass is 223 g/mol. The van der Waals surface area contributed by atoms with E-state index >= 15 is 0 Å². The Bertz CT molecular complexity index is 342. The van der Waals surface area contributed by atoms with Crippen molar-refractivity contribution >= 4 is 5.91 Å². The van der Waals surface area contributed by atoms with Crippen LogP contribution in [0.15, 0.2) is 18.3 Å². The van der Waals surface area contributed by atoms with Gasteiger partial charge in [0.15, 0.2) is 0 Å². The summed E-state index contributed by atoms with van der Waals surface area (Å²) in [6.07, 6.45) is 2.60. The molecular weight excluding hydrogens is 206 g/mol. The zero-order chi connectivity index (χ0) is 11.8. The summed E-state index contributed by atoms with van der Waals surface area (Å²) in [7, 11) is 0. The first-order valence-corrected chi connectivity index (χ1v) is 5.33. The van der Waals surface area contributed by atoms with Crippen molar-refractivity contribution in [3.63, 3.8) is 0 Å². The van der Waals surface area contributed by atoms with E-state index in [1.54, 1.807) is 12.1 Å². The van der Waals surface area contributed by atoms with E-state index < -0.39 is 5.91 Å². The topological polar surface area (TPSA) is 77.2 Å². The van der Waals surface area contributed by atoms with Crippen LogP contribution < -0.4 is 15.8 Å². The summed E-state index contributed by atoms with van der Waals surface area (Å²) in [5.41, 5.74) is 5.55. The molecular formula is C11H17N3O2. The fraction of sp³-hybridized carbons (Fsp3) is 0.455. The highest BCUT2D eigenvalue weighted by atomic mass is 16.5. The van der Waals surface area contributed by atoms with Gasteiger partial charge in [0.25, 0.3) is 0 Å². The second kappa shape index (κ2) is 6.79. The second-order valence-corrected chi connectivity index (χ2v) is 3.35. The molecule has 1 heterocycles. The summed E-state index contributed by atoms with van der Waals surface area (Å²) < 4.78 is 5.36. The van der Waals surface area contributed by atoms with Crippen LogP contribution in [0.4, 0.5) is 0 Å². The standard InChI is InChI=1S/C11H17N3O2/c1-2-4-13-6-7-16-10-8-9(11(12)15)3-5-14-10/h3,5,8,13H,2,4,6-7H2,1H3,(H2,12,15). The average molecular weight is 223 g/mol. The van der Waals surface area contributed by atoms with Gasteiger partial charge in [0.2, 0.25) is 11.8 Å². The van der Waals surface area contributed by atoms with Crippen molar-refractivity contribution < 1.29 is 9.53 Å². The van der Waals surface area contributed by atoms with Crippen LogP contribution >= 0.6 is 0 Å². The maximum absolute atomic E-state index is 10.9. The minimum atomic E-state index is -0.476. The molecule has 5 heteroatoms. The molecule has 0 fully saturated rings. The van der Waals surface area contributed by atoms with Crippen LogP contribution in [0.5, 0.6) is 5.88 Å². The maximum Gasteiger partial charge on any atom is 0.248 e. The predicted molar refractivity (Wildman–Crippen MR) is 61.4 cm³/mol. The van der Waals surface area contributed by atoms with E-state index in [-0.39, 0.29) is 0 Å². The lowest BCUT2D eigenvalue weighted by atomic mass is 10.2. The van der Waals surface area contributed by atoms with E-state index in [1.807, 2.05) is 0 Å². The van der Waals surface area contributed by atoms with Gasteiger partial charge in [0, 0.05) is 24.4 Å². The molecule has 0 aliphatic heterocycles. The Morgan fingerprint density at radius 2 is 2.38 bits per heavy atom. The van der Waals surface area contributed by atoms with E-state index in [4.69, 9.17) is 10.5 Å². The fourth-order valence-electron chi connectivity index (χ4n) is 1.17. The van der Waals surface area contributed by atoms with Crippen molar-refractivity contribution in [2.24, 2.45) is 5.73 Å². The molecule has 0 radical (unpaired) electrons. The first-order valence-electron chi connectivity index (χ1n) is 5.33. The molecule has 16 heavy (non-hydrogen) atoms. The van der Waals surface area contributed by atoms with Crippen molar-refractivity contribution in [3.05, 3.63) is 23.9 Å². The van der Waals surface area contributed by atoms with Gasteiger partial charge in [0.05, 0.1) is 0 Å².